The van der Waals surface area contributed by atoms with Crippen molar-refractivity contribution in [2.75, 3.05) is 13.1 Å². The first kappa shape index (κ1) is 14.9. The quantitative estimate of drug-likeness (QED) is 0.811. The molecule has 4 heteroatoms. The van der Waals surface area contributed by atoms with Crippen LogP contribution in [0.1, 0.15) is 50.7 Å². The summed E-state index contributed by atoms with van der Waals surface area (Å²) in [6, 6.07) is 0.692. The van der Waals surface area contributed by atoms with E-state index in [2.05, 4.69) is 36.4 Å². The third-order valence-electron chi connectivity index (χ3n) is 4.17. The third-order valence-corrected chi connectivity index (χ3v) is 5.07. The standard InChI is InChI=1S/C15H27N3S/c1-4-7-16-9-15-17-14(11-19-15)10-18-8-5-6-12(2)13(18)3/h11-13,16H,4-10H2,1-3H3. The molecule has 0 radical (unpaired) electrons. The lowest BCUT2D eigenvalue weighted by atomic mass is 9.92. The van der Waals surface area contributed by atoms with Gasteiger partial charge in [-0.3, -0.25) is 4.90 Å². The van der Waals surface area contributed by atoms with Crippen molar-refractivity contribution in [3.05, 3.63) is 16.1 Å². The molecule has 19 heavy (non-hydrogen) atoms. The van der Waals surface area contributed by atoms with Gasteiger partial charge in [0.1, 0.15) is 5.01 Å². The van der Waals surface area contributed by atoms with E-state index in [0.29, 0.717) is 6.04 Å². The van der Waals surface area contributed by atoms with Crippen molar-refractivity contribution >= 4 is 11.3 Å². The van der Waals surface area contributed by atoms with E-state index in [-0.39, 0.29) is 0 Å². The maximum atomic E-state index is 4.75. The Kier molecular flexibility index (Phi) is 5.79. The van der Waals surface area contributed by atoms with E-state index in [1.54, 1.807) is 11.3 Å². The molecule has 1 N–H and O–H groups in total. The van der Waals surface area contributed by atoms with Gasteiger partial charge >= 0.3 is 0 Å². The van der Waals surface area contributed by atoms with Gasteiger partial charge in [-0.25, -0.2) is 4.98 Å². The summed E-state index contributed by atoms with van der Waals surface area (Å²) in [5, 5.41) is 6.87. The second-order valence-corrected chi connectivity index (χ2v) is 6.68. The molecule has 2 rings (SSSR count). The molecular weight excluding hydrogens is 254 g/mol. The highest BCUT2D eigenvalue weighted by Gasteiger charge is 2.24. The molecule has 2 unspecified atom stereocenters. The fourth-order valence-corrected chi connectivity index (χ4v) is 3.48. The highest BCUT2D eigenvalue weighted by atomic mass is 32.1. The number of hydrogen-bond donors (Lipinski definition) is 1. The van der Waals surface area contributed by atoms with Crippen LogP contribution in [0.2, 0.25) is 0 Å². The second kappa shape index (κ2) is 7.36. The van der Waals surface area contributed by atoms with Crippen molar-refractivity contribution in [1.82, 2.24) is 15.2 Å². The van der Waals surface area contributed by atoms with Gasteiger partial charge in [-0.1, -0.05) is 13.8 Å². The van der Waals surface area contributed by atoms with Gasteiger partial charge in [0.2, 0.25) is 0 Å². The lowest BCUT2D eigenvalue weighted by molar-refractivity contribution is 0.105. The Balaban J connectivity index is 1.85. The van der Waals surface area contributed by atoms with Crippen LogP contribution in [-0.4, -0.2) is 29.0 Å². The average Bonchev–Trinajstić information content (AvgIpc) is 2.83. The molecule has 1 aliphatic heterocycles. The lowest BCUT2D eigenvalue weighted by Gasteiger charge is -2.37. The minimum atomic E-state index is 0.692. The summed E-state index contributed by atoms with van der Waals surface area (Å²) < 4.78 is 0. The normalized spacial score (nSPS) is 24.8. The number of nitrogens with zero attached hydrogens (tertiary/aromatic N) is 2. The zero-order valence-corrected chi connectivity index (χ0v) is 13.3. The predicted octanol–water partition coefficient (Wildman–Crippen LogP) is 3.26. The molecule has 108 valence electrons. The molecule has 2 heterocycles. The van der Waals surface area contributed by atoms with E-state index in [9.17, 15) is 0 Å². The number of thiazole rings is 1. The molecule has 2 atom stereocenters. The van der Waals surface area contributed by atoms with Crippen LogP contribution in [0.5, 0.6) is 0 Å². The van der Waals surface area contributed by atoms with Gasteiger partial charge in [0.25, 0.3) is 0 Å². The van der Waals surface area contributed by atoms with Gasteiger partial charge in [0, 0.05) is 24.5 Å². The maximum Gasteiger partial charge on any atom is 0.107 e. The maximum absolute atomic E-state index is 4.75. The van der Waals surface area contributed by atoms with Crippen molar-refractivity contribution in [3.8, 4) is 0 Å². The molecule has 1 aromatic heterocycles. The summed E-state index contributed by atoms with van der Waals surface area (Å²) in [6.07, 6.45) is 3.89. The molecule has 1 saturated heterocycles. The summed E-state index contributed by atoms with van der Waals surface area (Å²) in [5.41, 5.74) is 1.25. The Bertz CT molecular complexity index is 377. The van der Waals surface area contributed by atoms with Gasteiger partial charge in [0.15, 0.2) is 0 Å². The summed E-state index contributed by atoms with van der Waals surface area (Å²) in [5.74, 6) is 0.818. The highest BCUT2D eigenvalue weighted by Crippen LogP contribution is 2.24. The van der Waals surface area contributed by atoms with E-state index in [4.69, 9.17) is 4.98 Å². The van der Waals surface area contributed by atoms with Gasteiger partial charge < -0.3 is 5.32 Å². The molecule has 0 aliphatic carbocycles. The fraction of sp³-hybridized carbons (Fsp3) is 0.800. The monoisotopic (exact) mass is 281 g/mol. The molecule has 1 aromatic rings. The second-order valence-electron chi connectivity index (χ2n) is 5.74. The van der Waals surface area contributed by atoms with Gasteiger partial charge in [0.05, 0.1) is 5.69 Å². The molecule has 0 saturated carbocycles. The van der Waals surface area contributed by atoms with E-state index in [1.807, 2.05) is 0 Å². The van der Waals surface area contributed by atoms with Crippen molar-refractivity contribution in [2.24, 2.45) is 5.92 Å². The summed E-state index contributed by atoms with van der Waals surface area (Å²) in [7, 11) is 0. The van der Waals surface area contributed by atoms with Crippen LogP contribution >= 0.6 is 11.3 Å². The number of nitrogens with one attached hydrogen (secondary N) is 1. The minimum Gasteiger partial charge on any atom is -0.310 e. The molecule has 0 amide bonds. The molecule has 3 nitrogen and oxygen atoms in total. The lowest BCUT2D eigenvalue weighted by Crippen LogP contribution is -2.41. The van der Waals surface area contributed by atoms with E-state index < -0.39 is 0 Å². The first-order chi connectivity index (χ1) is 9.20. The van der Waals surface area contributed by atoms with Crippen LogP contribution in [0.15, 0.2) is 5.38 Å². The number of hydrogen-bond acceptors (Lipinski definition) is 4. The van der Waals surface area contributed by atoms with Crippen molar-refractivity contribution in [3.63, 3.8) is 0 Å². The number of aromatic nitrogens is 1. The number of piperidine rings is 1. The van der Waals surface area contributed by atoms with Gasteiger partial charge in [-0.15, -0.1) is 11.3 Å². The Labute approximate surface area is 121 Å². The fourth-order valence-electron chi connectivity index (χ4n) is 2.73. The zero-order valence-electron chi connectivity index (χ0n) is 12.5. The summed E-state index contributed by atoms with van der Waals surface area (Å²) in [4.78, 5) is 7.34. The van der Waals surface area contributed by atoms with E-state index in [1.165, 1.54) is 36.5 Å². The molecule has 0 bridgehead atoms. The Hall–Kier alpha value is -0.450. The highest BCUT2D eigenvalue weighted by molar-refractivity contribution is 7.09. The first-order valence-electron chi connectivity index (χ1n) is 7.58. The third kappa shape index (κ3) is 4.26. The van der Waals surface area contributed by atoms with Gasteiger partial charge in [-0.05, 0) is 45.2 Å². The van der Waals surface area contributed by atoms with Crippen molar-refractivity contribution < 1.29 is 0 Å². The van der Waals surface area contributed by atoms with E-state index in [0.717, 1.165) is 25.6 Å². The Morgan fingerprint density at radius 3 is 3.11 bits per heavy atom. The number of likely N-dealkylation sites (tertiary alicyclic amines) is 1. The Morgan fingerprint density at radius 1 is 1.47 bits per heavy atom. The van der Waals surface area contributed by atoms with E-state index >= 15 is 0 Å². The molecule has 0 aromatic carbocycles. The first-order valence-corrected chi connectivity index (χ1v) is 8.46. The van der Waals surface area contributed by atoms with Crippen LogP contribution < -0.4 is 5.32 Å². The topological polar surface area (TPSA) is 28.2 Å². The van der Waals surface area contributed by atoms with Crippen LogP contribution in [-0.2, 0) is 13.1 Å². The van der Waals surface area contributed by atoms with Crippen LogP contribution in [0.3, 0.4) is 0 Å². The molecule has 0 spiro atoms. The van der Waals surface area contributed by atoms with Crippen LogP contribution in [0.25, 0.3) is 0 Å². The van der Waals surface area contributed by atoms with Crippen molar-refractivity contribution in [1.29, 1.82) is 0 Å². The smallest absolute Gasteiger partial charge is 0.107 e. The summed E-state index contributed by atoms with van der Waals surface area (Å²) >= 11 is 1.79. The molecule has 1 fully saturated rings. The Morgan fingerprint density at radius 2 is 2.32 bits per heavy atom. The van der Waals surface area contributed by atoms with Crippen molar-refractivity contribution in [2.45, 2.75) is 59.2 Å². The summed E-state index contributed by atoms with van der Waals surface area (Å²) in [6.45, 7) is 11.2. The average molecular weight is 281 g/mol. The number of rotatable bonds is 6. The van der Waals surface area contributed by atoms with Gasteiger partial charge in [-0.2, -0.15) is 0 Å². The predicted molar refractivity (Wildman–Crippen MR) is 82.4 cm³/mol. The molecule has 1 aliphatic rings. The molecular formula is C15H27N3S. The van der Waals surface area contributed by atoms with Crippen LogP contribution in [0.4, 0.5) is 0 Å². The van der Waals surface area contributed by atoms with Crippen LogP contribution in [0, 0.1) is 5.92 Å². The zero-order chi connectivity index (χ0) is 13.7. The SMILES string of the molecule is CCCNCc1nc(CN2CCCC(C)C2C)cs1. The largest absolute Gasteiger partial charge is 0.310 e. The minimum absolute atomic E-state index is 0.692.